The van der Waals surface area contributed by atoms with Crippen molar-refractivity contribution in [2.75, 3.05) is 18.8 Å². The summed E-state index contributed by atoms with van der Waals surface area (Å²) in [4.78, 5) is 0. The SMILES string of the molecule is CCCCC(F)(F)C(O)C#CS(C)(C)C. The molecule has 1 atom stereocenters. The average molecular weight is 238 g/mol. The molecule has 0 saturated carbocycles. The molecule has 0 fully saturated rings. The van der Waals surface area contributed by atoms with Gasteiger partial charge in [0.05, 0.1) is 0 Å². The van der Waals surface area contributed by atoms with Crippen molar-refractivity contribution in [3.05, 3.63) is 0 Å². The number of aliphatic hydroxyl groups is 1. The first-order chi connectivity index (χ1) is 6.69. The van der Waals surface area contributed by atoms with Crippen molar-refractivity contribution in [3.8, 4) is 11.2 Å². The minimum Gasteiger partial charge on any atom is -0.374 e. The highest BCUT2D eigenvalue weighted by Gasteiger charge is 2.36. The van der Waals surface area contributed by atoms with Gasteiger partial charge >= 0.3 is 0 Å². The monoisotopic (exact) mass is 238 g/mol. The molecule has 0 aliphatic heterocycles. The first kappa shape index (κ1) is 14.7. The fraction of sp³-hybridized carbons (Fsp3) is 0.818. The smallest absolute Gasteiger partial charge is 0.284 e. The predicted octanol–water partition coefficient (Wildman–Crippen LogP) is 2.83. The van der Waals surface area contributed by atoms with Crippen LogP contribution in [0.4, 0.5) is 8.78 Å². The lowest BCUT2D eigenvalue weighted by Gasteiger charge is -2.20. The number of hydrogen-bond donors (Lipinski definition) is 1. The van der Waals surface area contributed by atoms with E-state index in [1.807, 2.05) is 25.7 Å². The Morgan fingerprint density at radius 2 is 1.87 bits per heavy atom. The minimum absolute atomic E-state index is 0.293. The first-order valence-corrected chi connectivity index (χ1v) is 7.81. The topological polar surface area (TPSA) is 20.2 Å². The Hall–Kier alpha value is -0.270. The van der Waals surface area contributed by atoms with E-state index in [2.05, 4.69) is 11.2 Å². The summed E-state index contributed by atoms with van der Waals surface area (Å²) in [6, 6.07) is 0. The average Bonchev–Trinajstić information content (AvgIpc) is 2.09. The molecule has 0 aromatic carbocycles. The highest BCUT2D eigenvalue weighted by Crippen LogP contribution is 2.33. The van der Waals surface area contributed by atoms with Crippen LogP contribution in [0.5, 0.6) is 0 Å². The van der Waals surface area contributed by atoms with Crippen LogP contribution in [0.3, 0.4) is 0 Å². The van der Waals surface area contributed by atoms with E-state index in [0.717, 1.165) is 0 Å². The molecule has 0 rings (SSSR count). The van der Waals surface area contributed by atoms with E-state index in [1.165, 1.54) is 0 Å². The third-order valence-electron chi connectivity index (χ3n) is 1.77. The number of hydrogen-bond acceptors (Lipinski definition) is 1. The molecule has 0 aliphatic carbocycles. The molecule has 4 heteroatoms. The molecule has 1 nitrogen and oxygen atoms in total. The van der Waals surface area contributed by atoms with Gasteiger partial charge < -0.3 is 5.11 Å². The van der Waals surface area contributed by atoms with Gasteiger partial charge in [-0.1, -0.05) is 24.5 Å². The van der Waals surface area contributed by atoms with Crippen LogP contribution in [0, 0.1) is 11.2 Å². The van der Waals surface area contributed by atoms with Gasteiger partial charge in [-0.15, -0.1) is 0 Å². The van der Waals surface area contributed by atoms with Crippen LogP contribution in [0.1, 0.15) is 26.2 Å². The second-order valence-corrected chi connectivity index (χ2v) is 8.23. The van der Waals surface area contributed by atoms with Gasteiger partial charge in [0.25, 0.3) is 5.92 Å². The van der Waals surface area contributed by atoms with E-state index in [-0.39, 0.29) is 6.42 Å². The van der Waals surface area contributed by atoms with Crippen LogP contribution in [0.25, 0.3) is 0 Å². The number of unbranched alkanes of at least 4 members (excludes halogenated alkanes) is 1. The minimum atomic E-state index is -3.08. The van der Waals surface area contributed by atoms with Gasteiger partial charge in [0.2, 0.25) is 0 Å². The molecule has 0 heterocycles. The van der Waals surface area contributed by atoms with Crippen molar-refractivity contribution in [3.63, 3.8) is 0 Å². The molecule has 0 aromatic rings. The Labute approximate surface area is 92.6 Å². The normalized spacial score (nSPS) is 15.4. The lowest BCUT2D eigenvalue weighted by atomic mass is 10.1. The molecule has 0 bridgehead atoms. The van der Waals surface area contributed by atoms with Crippen LogP contribution in [0.15, 0.2) is 0 Å². The molecule has 1 N–H and O–H groups in total. The number of halogens is 2. The highest BCUT2D eigenvalue weighted by molar-refractivity contribution is 8.35. The summed E-state index contributed by atoms with van der Waals surface area (Å²) in [6.45, 7) is 1.84. The lowest BCUT2D eigenvalue weighted by Crippen LogP contribution is -2.32. The molecule has 0 aromatic heterocycles. The number of rotatable bonds is 4. The largest absolute Gasteiger partial charge is 0.374 e. The van der Waals surface area contributed by atoms with E-state index in [1.54, 1.807) is 0 Å². The van der Waals surface area contributed by atoms with Crippen molar-refractivity contribution < 1.29 is 13.9 Å². The van der Waals surface area contributed by atoms with Crippen molar-refractivity contribution in [2.45, 2.75) is 38.2 Å². The summed E-state index contributed by atoms with van der Waals surface area (Å²) in [5.74, 6) is -0.811. The Kier molecular flexibility index (Phi) is 5.61. The molecule has 0 amide bonds. The van der Waals surface area contributed by atoms with Gasteiger partial charge in [-0.3, -0.25) is 0 Å². The predicted molar refractivity (Wildman–Crippen MR) is 63.6 cm³/mol. The number of alkyl halides is 2. The van der Waals surface area contributed by atoms with Gasteiger partial charge in [0, 0.05) is 6.42 Å². The number of aliphatic hydroxyl groups excluding tert-OH is 1. The van der Waals surface area contributed by atoms with Gasteiger partial charge in [-0.05, 0) is 25.2 Å². The Bertz CT molecular complexity index is 248. The lowest BCUT2D eigenvalue weighted by molar-refractivity contribution is -0.0887. The summed E-state index contributed by atoms with van der Waals surface area (Å²) in [7, 11) is -1.15. The van der Waals surface area contributed by atoms with Gasteiger partial charge in [0.1, 0.15) is 0 Å². The molecular formula is C11H20F2OS. The highest BCUT2D eigenvalue weighted by atomic mass is 32.3. The Morgan fingerprint density at radius 3 is 2.27 bits per heavy atom. The molecular weight excluding hydrogens is 218 g/mol. The zero-order chi connectivity index (χ0) is 12.1. The second-order valence-electron chi connectivity index (χ2n) is 4.35. The summed E-state index contributed by atoms with van der Waals surface area (Å²) in [6.07, 6.45) is 4.69. The van der Waals surface area contributed by atoms with E-state index in [4.69, 9.17) is 0 Å². The maximum Gasteiger partial charge on any atom is 0.284 e. The maximum atomic E-state index is 13.2. The Balaban J connectivity index is 4.40. The third kappa shape index (κ3) is 6.75. The summed E-state index contributed by atoms with van der Waals surface area (Å²) < 4.78 is 26.5. The molecule has 0 radical (unpaired) electrons. The van der Waals surface area contributed by atoms with Crippen LogP contribution >= 0.6 is 10.0 Å². The first-order valence-electron chi connectivity index (χ1n) is 4.95. The summed E-state index contributed by atoms with van der Waals surface area (Å²) in [5, 5.41) is 12.0. The molecule has 1 unspecified atom stereocenters. The molecule has 0 saturated heterocycles. The van der Waals surface area contributed by atoms with Crippen LogP contribution in [-0.4, -0.2) is 35.9 Å². The standard InChI is InChI=1S/C11H20F2OS/c1-5-6-8-11(12,13)10(14)7-9-15(2,3)4/h10,14H,5-6,8H2,1-4H3. The van der Waals surface area contributed by atoms with Crippen LogP contribution in [-0.2, 0) is 0 Å². The van der Waals surface area contributed by atoms with Crippen LogP contribution < -0.4 is 0 Å². The van der Waals surface area contributed by atoms with E-state index >= 15 is 0 Å². The zero-order valence-corrected chi connectivity index (χ0v) is 10.6. The fourth-order valence-electron chi connectivity index (χ4n) is 0.887. The molecule has 90 valence electrons. The maximum absolute atomic E-state index is 13.2. The Morgan fingerprint density at radius 1 is 1.33 bits per heavy atom. The molecule has 0 aliphatic rings. The third-order valence-corrected chi connectivity index (χ3v) is 2.50. The molecule has 0 spiro atoms. The second kappa shape index (κ2) is 5.72. The summed E-state index contributed by atoms with van der Waals surface area (Å²) >= 11 is 0. The fourth-order valence-corrected chi connectivity index (χ4v) is 1.35. The van der Waals surface area contributed by atoms with Crippen LogP contribution in [0.2, 0.25) is 0 Å². The van der Waals surface area contributed by atoms with Crippen molar-refractivity contribution >= 4 is 10.0 Å². The van der Waals surface area contributed by atoms with Gasteiger partial charge in [-0.2, -0.15) is 10.0 Å². The molecule has 15 heavy (non-hydrogen) atoms. The van der Waals surface area contributed by atoms with Crippen molar-refractivity contribution in [1.82, 2.24) is 0 Å². The van der Waals surface area contributed by atoms with Crippen molar-refractivity contribution in [1.29, 1.82) is 0 Å². The van der Waals surface area contributed by atoms with E-state index in [9.17, 15) is 13.9 Å². The van der Waals surface area contributed by atoms with Gasteiger partial charge in [-0.25, -0.2) is 8.78 Å². The van der Waals surface area contributed by atoms with Gasteiger partial charge in [0.15, 0.2) is 6.10 Å². The van der Waals surface area contributed by atoms with E-state index in [0.29, 0.717) is 12.8 Å². The quantitative estimate of drug-likeness (QED) is 0.747. The van der Waals surface area contributed by atoms with Crippen molar-refractivity contribution in [2.24, 2.45) is 0 Å². The van der Waals surface area contributed by atoms with E-state index < -0.39 is 22.1 Å². The summed E-state index contributed by atoms with van der Waals surface area (Å²) in [5.41, 5.74) is 0. The zero-order valence-electron chi connectivity index (χ0n) is 9.81.